The summed E-state index contributed by atoms with van der Waals surface area (Å²) in [6.07, 6.45) is -5.78. The van der Waals surface area contributed by atoms with Crippen molar-refractivity contribution in [1.29, 1.82) is 0 Å². The zero-order valence-corrected chi connectivity index (χ0v) is 9.84. The fourth-order valence-corrected chi connectivity index (χ4v) is 1.19. The van der Waals surface area contributed by atoms with Crippen LogP contribution in [0.15, 0.2) is 24.3 Å². The first-order valence-corrected chi connectivity index (χ1v) is 4.52. The lowest BCUT2D eigenvalue weighted by Crippen LogP contribution is -2.45. The highest BCUT2D eigenvalue weighted by molar-refractivity contribution is 5.85. The van der Waals surface area contributed by atoms with Crippen molar-refractivity contribution < 1.29 is 26.9 Å². The van der Waals surface area contributed by atoms with Crippen LogP contribution in [0, 0.1) is 10.1 Å². The zero-order valence-electron chi connectivity index (χ0n) is 9.03. The second kappa shape index (κ2) is 5.66. The predicted octanol–water partition coefficient (Wildman–Crippen LogP) is 3.21. The van der Waals surface area contributed by atoms with E-state index in [1.165, 1.54) is 0 Å². The average molecular weight is 307 g/mol. The number of nitro groups is 1. The molecule has 2 N–H and O–H groups in total. The molecule has 10 heteroatoms. The van der Waals surface area contributed by atoms with E-state index in [9.17, 15) is 32.1 Å². The van der Waals surface area contributed by atoms with Gasteiger partial charge in [-0.15, -0.1) is 12.4 Å². The highest BCUT2D eigenvalue weighted by atomic mass is 35.5. The lowest BCUT2D eigenvalue weighted by Gasteiger charge is -2.25. The molecule has 0 aromatic heterocycles. The van der Waals surface area contributed by atoms with Gasteiger partial charge in [0, 0.05) is 12.1 Å². The van der Waals surface area contributed by atoms with E-state index in [0.717, 1.165) is 24.3 Å². The summed E-state index contributed by atoms with van der Waals surface area (Å²) in [4.78, 5) is 9.48. The van der Waals surface area contributed by atoms with E-state index in [-0.39, 0.29) is 12.4 Å². The van der Waals surface area contributed by atoms with E-state index < -0.39 is 34.3 Å². The predicted molar refractivity (Wildman–Crippen MR) is 58.3 cm³/mol. The Morgan fingerprint density at radius 1 is 1.11 bits per heavy atom. The first-order chi connectivity index (χ1) is 8.07. The van der Waals surface area contributed by atoms with Crippen LogP contribution in [0.2, 0.25) is 0 Å². The number of benzene rings is 1. The fourth-order valence-electron chi connectivity index (χ4n) is 1.19. The molecule has 1 aromatic rings. The maximum Gasteiger partial charge on any atom is 0.455 e. The van der Waals surface area contributed by atoms with Crippen molar-refractivity contribution in [3.63, 3.8) is 0 Å². The molecule has 0 bridgehead atoms. The molecule has 108 valence electrons. The van der Waals surface area contributed by atoms with Gasteiger partial charge in [0.25, 0.3) is 5.69 Å². The minimum absolute atomic E-state index is 0. The monoisotopic (exact) mass is 306 g/mol. The van der Waals surface area contributed by atoms with E-state index in [0.29, 0.717) is 0 Å². The van der Waals surface area contributed by atoms with Gasteiger partial charge in [0.1, 0.15) is 6.04 Å². The molecule has 0 spiro atoms. The van der Waals surface area contributed by atoms with Crippen molar-refractivity contribution in [2.75, 3.05) is 0 Å². The lowest BCUT2D eigenvalue weighted by atomic mass is 10.0. The molecule has 0 heterocycles. The largest absolute Gasteiger partial charge is 0.455 e. The summed E-state index contributed by atoms with van der Waals surface area (Å²) in [7, 11) is 0. The molecule has 0 aliphatic rings. The second-order valence-corrected chi connectivity index (χ2v) is 3.45. The molecule has 1 atom stereocenters. The molecule has 0 saturated carbocycles. The molecule has 4 nitrogen and oxygen atoms in total. The normalized spacial score (nSPS) is 13.6. The van der Waals surface area contributed by atoms with Crippen LogP contribution in [0.5, 0.6) is 0 Å². The van der Waals surface area contributed by atoms with E-state index in [1.807, 2.05) is 0 Å². The summed E-state index contributed by atoms with van der Waals surface area (Å²) >= 11 is 0. The van der Waals surface area contributed by atoms with Crippen LogP contribution in [-0.4, -0.2) is 17.0 Å². The Kier molecular flexibility index (Phi) is 5.22. The molecule has 0 aliphatic heterocycles. The van der Waals surface area contributed by atoms with Crippen molar-refractivity contribution in [3.8, 4) is 0 Å². The Balaban J connectivity index is 0.00000324. The van der Waals surface area contributed by atoms with E-state index in [4.69, 9.17) is 5.73 Å². The van der Waals surface area contributed by atoms with E-state index >= 15 is 0 Å². The van der Waals surface area contributed by atoms with Crippen LogP contribution < -0.4 is 5.73 Å². The van der Waals surface area contributed by atoms with Gasteiger partial charge in [0.2, 0.25) is 0 Å². The SMILES string of the molecule is Cl.N[C@@H](c1ccc([N+](=O)[O-])cc1)C(F)(F)C(F)(F)F. The van der Waals surface area contributed by atoms with Gasteiger partial charge in [-0.25, -0.2) is 0 Å². The van der Waals surface area contributed by atoms with Gasteiger partial charge in [0.05, 0.1) is 4.92 Å². The standard InChI is InChI=1S/C9H7F5N2O2.ClH/c10-8(11,9(12,13)14)7(15)5-1-3-6(4-2-5)16(17)18;/h1-4,7H,15H2;1H/t7-;/m0./s1. The van der Waals surface area contributed by atoms with Gasteiger partial charge in [-0.2, -0.15) is 22.0 Å². The summed E-state index contributed by atoms with van der Waals surface area (Å²) in [6.45, 7) is 0. The van der Waals surface area contributed by atoms with E-state index in [2.05, 4.69) is 0 Å². The lowest BCUT2D eigenvalue weighted by molar-refractivity contribution is -0.384. The number of hydrogen-bond acceptors (Lipinski definition) is 3. The van der Waals surface area contributed by atoms with Gasteiger partial charge in [-0.1, -0.05) is 12.1 Å². The van der Waals surface area contributed by atoms with Gasteiger partial charge in [-0.3, -0.25) is 10.1 Å². The second-order valence-electron chi connectivity index (χ2n) is 3.45. The molecular formula is C9H8ClF5N2O2. The summed E-state index contributed by atoms with van der Waals surface area (Å²) < 4.78 is 61.9. The maximum absolute atomic E-state index is 12.9. The molecular weight excluding hydrogens is 299 g/mol. The Morgan fingerprint density at radius 3 is 1.84 bits per heavy atom. The van der Waals surface area contributed by atoms with Crippen LogP contribution in [0.1, 0.15) is 11.6 Å². The molecule has 0 saturated heterocycles. The van der Waals surface area contributed by atoms with E-state index in [1.54, 1.807) is 0 Å². The third-order valence-corrected chi connectivity index (χ3v) is 2.23. The molecule has 0 amide bonds. The number of rotatable bonds is 3. The van der Waals surface area contributed by atoms with Crippen molar-refractivity contribution in [2.45, 2.75) is 18.1 Å². The Bertz CT molecular complexity index is 449. The van der Waals surface area contributed by atoms with Crippen LogP contribution in [0.3, 0.4) is 0 Å². The highest BCUT2D eigenvalue weighted by Gasteiger charge is 2.61. The Hall–Kier alpha value is -1.48. The minimum atomic E-state index is -5.78. The van der Waals surface area contributed by atoms with Crippen molar-refractivity contribution in [3.05, 3.63) is 39.9 Å². The van der Waals surface area contributed by atoms with Crippen molar-refractivity contribution in [2.24, 2.45) is 5.73 Å². The molecule has 0 aliphatic carbocycles. The number of non-ortho nitro benzene ring substituents is 1. The number of nitrogens with zero attached hydrogens (tertiary/aromatic N) is 1. The Labute approximate surface area is 109 Å². The minimum Gasteiger partial charge on any atom is -0.319 e. The molecule has 0 fully saturated rings. The molecule has 1 rings (SSSR count). The number of halogens is 6. The van der Waals surface area contributed by atoms with Crippen LogP contribution >= 0.6 is 12.4 Å². The highest BCUT2D eigenvalue weighted by Crippen LogP contribution is 2.43. The van der Waals surface area contributed by atoms with Crippen molar-refractivity contribution in [1.82, 2.24) is 0 Å². The summed E-state index contributed by atoms with van der Waals surface area (Å²) in [5, 5.41) is 10.3. The topological polar surface area (TPSA) is 69.2 Å². The summed E-state index contributed by atoms with van der Waals surface area (Å²) in [5.74, 6) is -5.11. The first kappa shape index (κ1) is 17.5. The molecule has 0 unspecified atom stereocenters. The maximum atomic E-state index is 12.9. The first-order valence-electron chi connectivity index (χ1n) is 4.52. The third-order valence-electron chi connectivity index (χ3n) is 2.23. The fraction of sp³-hybridized carbons (Fsp3) is 0.333. The third kappa shape index (κ3) is 3.51. The zero-order chi connectivity index (χ0) is 14.1. The van der Waals surface area contributed by atoms with Gasteiger partial charge < -0.3 is 5.73 Å². The van der Waals surface area contributed by atoms with Crippen LogP contribution in [0.25, 0.3) is 0 Å². The molecule has 19 heavy (non-hydrogen) atoms. The number of alkyl halides is 5. The summed E-state index contributed by atoms with van der Waals surface area (Å²) in [5.41, 5.74) is 3.88. The van der Waals surface area contributed by atoms with Crippen molar-refractivity contribution >= 4 is 18.1 Å². The van der Waals surface area contributed by atoms with Gasteiger partial charge in [0.15, 0.2) is 0 Å². The van der Waals surface area contributed by atoms with Gasteiger partial charge >= 0.3 is 12.1 Å². The average Bonchev–Trinajstić information content (AvgIpc) is 2.26. The van der Waals surface area contributed by atoms with Gasteiger partial charge in [-0.05, 0) is 5.56 Å². The quantitative estimate of drug-likeness (QED) is 0.529. The summed E-state index contributed by atoms with van der Waals surface area (Å²) in [6, 6.07) is 0.534. The number of nitro benzene ring substituents is 1. The molecule has 1 aromatic carbocycles. The van der Waals surface area contributed by atoms with Crippen LogP contribution in [0.4, 0.5) is 27.6 Å². The molecule has 0 radical (unpaired) electrons. The smallest absolute Gasteiger partial charge is 0.319 e. The Morgan fingerprint density at radius 2 is 1.53 bits per heavy atom. The number of hydrogen-bond donors (Lipinski definition) is 1. The number of nitrogens with two attached hydrogens (primary N) is 1. The van der Waals surface area contributed by atoms with Crippen LogP contribution in [-0.2, 0) is 0 Å².